The molecule has 8 aromatic carbocycles. The minimum atomic E-state index is -0.350. The van der Waals surface area contributed by atoms with Crippen LogP contribution in [0.1, 0.15) is 22.9 Å². The Balaban J connectivity index is 1.25. The molecule has 230 valence electrons. The van der Waals surface area contributed by atoms with Crippen molar-refractivity contribution in [2.45, 2.75) is 6.17 Å². The molecule has 0 bridgehead atoms. The lowest BCUT2D eigenvalue weighted by molar-refractivity contribution is 0.668. The maximum Gasteiger partial charge on any atom is 0.160 e. The number of fused-ring (bicyclic) bond motifs is 7. The van der Waals surface area contributed by atoms with Crippen LogP contribution >= 0.6 is 0 Å². The van der Waals surface area contributed by atoms with E-state index >= 15 is 0 Å². The van der Waals surface area contributed by atoms with Gasteiger partial charge in [-0.1, -0.05) is 133 Å². The number of benzene rings is 8. The molecule has 0 spiro atoms. The van der Waals surface area contributed by atoms with E-state index in [0.717, 1.165) is 55.6 Å². The van der Waals surface area contributed by atoms with Crippen molar-refractivity contribution in [2.24, 2.45) is 9.98 Å². The molecule has 0 saturated heterocycles. The molecular weight excluding hydrogens is 599 g/mol. The Hall–Kier alpha value is -6.52. The molecule has 10 rings (SSSR count). The molecule has 49 heavy (non-hydrogen) atoms. The molecule has 0 amide bonds. The zero-order valence-electron chi connectivity index (χ0n) is 26.5. The van der Waals surface area contributed by atoms with Gasteiger partial charge < -0.3 is 9.73 Å². The zero-order valence-corrected chi connectivity index (χ0v) is 26.5. The fourth-order valence-corrected chi connectivity index (χ4v) is 7.32. The summed E-state index contributed by atoms with van der Waals surface area (Å²) in [6, 6.07) is 57.6. The number of nitrogens with one attached hydrogen (secondary N) is 1. The second-order valence-corrected chi connectivity index (χ2v) is 12.6. The molecule has 1 N–H and O–H groups in total. The van der Waals surface area contributed by atoms with Gasteiger partial charge in [0.2, 0.25) is 0 Å². The zero-order chi connectivity index (χ0) is 32.3. The molecule has 1 aliphatic rings. The smallest absolute Gasteiger partial charge is 0.160 e. The molecule has 1 aliphatic heterocycles. The molecule has 0 saturated carbocycles. The minimum absolute atomic E-state index is 0.350. The number of amidine groups is 2. The summed E-state index contributed by atoms with van der Waals surface area (Å²) in [5, 5.41) is 13.0. The van der Waals surface area contributed by atoms with E-state index in [0.29, 0.717) is 5.84 Å². The topological polar surface area (TPSA) is 49.9 Å². The summed E-state index contributed by atoms with van der Waals surface area (Å²) in [4.78, 5) is 10.7. The van der Waals surface area contributed by atoms with Gasteiger partial charge in [-0.05, 0) is 79.3 Å². The third-order valence-electron chi connectivity index (χ3n) is 9.70. The number of para-hydroxylation sites is 1. The van der Waals surface area contributed by atoms with Crippen LogP contribution in [0.25, 0.3) is 65.4 Å². The van der Waals surface area contributed by atoms with Crippen LogP contribution in [0.15, 0.2) is 178 Å². The van der Waals surface area contributed by atoms with Crippen molar-refractivity contribution in [3.05, 3.63) is 180 Å². The summed E-state index contributed by atoms with van der Waals surface area (Å²) >= 11 is 0. The fraction of sp³-hybridized carbons (Fsp3) is 0.0222. The van der Waals surface area contributed by atoms with Crippen LogP contribution < -0.4 is 5.32 Å². The van der Waals surface area contributed by atoms with Gasteiger partial charge in [-0.15, -0.1) is 0 Å². The minimum Gasteiger partial charge on any atom is -0.456 e. The highest BCUT2D eigenvalue weighted by Crippen LogP contribution is 2.40. The molecule has 4 nitrogen and oxygen atoms in total. The van der Waals surface area contributed by atoms with E-state index in [1.807, 2.05) is 30.3 Å². The van der Waals surface area contributed by atoms with Crippen LogP contribution in [0.5, 0.6) is 0 Å². The lowest BCUT2D eigenvalue weighted by Crippen LogP contribution is -2.33. The van der Waals surface area contributed by atoms with Crippen molar-refractivity contribution in [1.82, 2.24) is 5.32 Å². The normalized spacial score (nSPS) is 14.7. The Morgan fingerprint density at radius 2 is 1.20 bits per heavy atom. The molecule has 0 aliphatic carbocycles. The summed E-state index contributed by atoms with van der Waals surface area (Å²) in [5.74, 6) is 1.45. The maximum absolute atomic E-state index is 6.45. The van der Waals surface area contributed by atoms with E-state index in [4.69, 9.17) is 14.4 Å². The average Bonchev–Trinajstić information content (AvgIpc) is 3.56. The van der Waals surface area contributed by atoms with E-state index in [1.54, 1.807) is 0 Å². The average molecular weight is 628 g/mol. The summed E-state index contributed by atoms with van der Waals surface area (Å²) < 4.78 is 6.45. The first-order chi connectivity index (χ1) is 24.3. The monoisotopic (exact) mass is 627 g/mol. The number of furan rings is 1. The van der Waals surface area contributed by atoms with Crippen molar-refractivity contribution in [3.63, 3.8) is 0 Å². The highest BCUT2D eigenvalue weighted by Gasteiger charge is 2.26. The number of rotatable bonds is 4. The summed E-state index contributed by atoms with van der Waals surface area (Å²) in [6.45, 7) is 0. The molecule has 2 heterocycles. The first kappa shape index (κ1) is 27.6. The summed E-state index contributed by atoms with van der Waals surface area (Å²) in [6.07, 6.45) is -0.350. The number of nitrogens with zero attached hydrogens (tertiary/aromatic N) is 2. The highest BCUT2D eigenvalue weighted by atomic mass is 16.3. The van der Waals surface area contributed by atoms with Gasteiger partial charge in [0.05, 0.1) is 0 Å². The van der Waals surface area contributed by atoms with Gasteiger partial charge in [-0.25, -0.2) is 9.98 Å². The Bertz CT molecular complexity index is 2810. The van der Waals surface area contributed by atoms with Crippen molar-refractivity contribution in [2.75, 3.05) is 0 Å². The van der Waals surface area contributed by atoms with Crippen LogP contribution in [-0.4, -0.2) is 11.7 Å². The third-order valence-corrected chi connectivity index (χ3v) is 9.70. The van der Waals surface area contributed by atoms with Crippen molar-refractivity contribution < 1.29 is 4.42 Å². The third kappa shape index (κ3) is 4.61. The standard InChI is InChI=1S/C45H29N3O/c1-2-12-30(13-3-1)43-46-44(34-21-18-28-10-4-5-14-31(28)26-34)48-45(47-43)42-37(24-25-40-41(42)38-16-8-9-17-39(38)49-40)33-22-23-36-32(27-33)20-19-29-11-6-7-15-35(29)36/h1-27,44H,(H,46,47,48). The van der Waals surface area contributed by atoms with Gasteiger partial charge in [0.1, 0.15) is 23.2 Å². The number of aliphatic imine (C=N–C) groups is 2. The number of hydrogen-bond donors (Lipinski definition) is 1. The van der Waals surface area contributed by atoms with Gasteiger partial charge in [-0.2, -0.15) is 0 Å². The van der Waals surface area contributed by atoms with Gasteiger partial charge >= 0.3 is 0 Å². The van der Waals surface area contributed by atoms with E-state index in [9.17, 15) is 0 Å². The Labute approximate surface area is 282 Å². The van der Waals surface area contributed by atoms with Crippen LogP contribution in [-0.2, 0) is 0 Å². The second kappa shape index (κ2) is 11.0. The number of hydrogen-bond acceptors (Lipinski definition) is 4. The van der Waals surface area contributed by atoms with Gasteiger partial charge in [0.25, 0.3) is 0 Å². The van der Waals surface area contributed by atoms with Crippen molar-refractivity contribution >= 4 is 65.9 Å². The first-order valence-corrected chi connectivity index (χ1v) is 16.6. The van der Waals surface area contributed by atoms with Gasteiger partial charge in [-0.3, -0.25) is 0 Å². The maximum atomic E-state index is 6.45. The second-order valence-electron chi connectivity index (χ2n) is 12.6. The SMILES string of the molecule is c1ccc(C2=NC(c3c(-c4ccc5c(ccc6ccccc65)c4)ccc4oc5ccccc5c34)=NC(c3ccc4ccccc4c3)N2)cc1. The quantitative estimate of drug-likeness (QED) is 0.197. The van der Waals surface area contributed by atoms with Crippen LogP contribution in [0.3, 0.4) is 0 Å². The van der Waals surface area contributed by atoms with E-state index < -0.39 is 0 Å². The first-order valence-electron chi connectivity index (χ1n) is 16.6. The Kier molecular flexibility index (Phi) is 6.21. The molecular formula is C45H29N3O. The molecule has 0 fully saturated rings. The predicted octanol–water partition coefficient (Wildman–Crippen LogP) is 11.2. The molecule has 1 aromatic heterocycles. The lowest BCUT2D eigenvalue weighted by Gasteiger charge is -2.25. The van der Waals surface area contributed by atoms with Crippen LogP contribution in [0.2, 0.25) is 0 Å². The Morgan fingerprint density at radius 3 is 2.10 bits per heavy atom. The summed E-state index contributed by atoms with van der Waals surface area (Å²) in [5.41, 5.74) is 6.85. The fourth-order valence-electron chi connectivity index (χ4n) is 7.32. The van der Waals surface area contributed by atoms with E-state index in [1.165, 1.54) is 32.3 Å². The Morgan fingerprint density at radius 1 is 0.490 bits per heavy atom. The van der Waals surface area contributed by atoms with Gasteiger partial charge in [0.15, 0.2) is 5.84 Å². The van der Waals surface area contributed by atoms with Crippen LogP contribution in [0, 0.1) is 0 Å². The van der Waals surface area contributed by atoms with Gasteiger partial charge in [0, 0.05) is 21.9 Å². The van der Waals surface area contributed by atoms with E-state index in [2.05, 4.69) is 139 Å². The summed E-state index contributed by atoms with van der Waals surface area (Å²) in [7, 11) is 0. The van der Waals surface area contributed by atoms with Crippen LogP contribution in [0.4, 0.5) is 0 Å². The van der Waals surface area contributed by atoms with Crippen molar-refractivity contribution in [1.29, 1.82) is 0 Å². The lowest BCUT2D eigenvalue weighted by atomic mass is 9.92. The predicted molar refractivity (Wildman–Crippen MR) is 204 cm³/mol. The molecule has 0 radical (unpaired) electrons. The van der Waals surface area contributed by atoms with E-state index in [-0.39, 0.29) is 6.17 Å². The molecule has 1 unspecified atom stereocenters. The molecule has 1 atom stereocenters. The largest absolute Gasteiger partial charge is 0.456 e. The molecule has 4 heteroatoms. The van der Waals surface area contributed by atoms with Crippen molar-refractivity contribution in [3.8, 4) is 11.1 Å². The highest BCUT2D eigenvalue weighted by molar-refractivity contribution is 6.25. The molecule has 9 aromatic rings.